The van der Waals surface area contributed by atoms with E-state index in [1.807, 2.05) is 0 Å². The third kappa shape index (κ3) is 4.48. The molecule has 0 aromatic heterocycles. The minimum absolute atomic E-state index is 0.256. The smallest absolute Gasteiger partial charge is 0.0471 e. The van der Waals surface area contributed by atoms with E-state index in [2.05, 4.69) is 31.2 Å². The number of benzene rings is 1. The Morgan fingerprint density at radius 1 is 0.933 bits per heavy atom. The fourth-order valence-electron chi connectivity index (χ4n) is 1.91. The van der Waals surface area contributed by atoms with Crippen LogP contribution in [-0.2, 0) is 12.8 Å². The zero-order valence-electron chi connectivity index (χ0n) is 9.71. The number of hydrogen-bond donors (Lipinski definition) is 1. The number of unbranched alkanes of at least 4 members (excludes halogenated alkanes) is 3. The van der Waals surface area contributed by atoms with Gasteiger partial charge in [-0.05, 0) is 30.4 Å². The van der Waals surface area contributed by atoms with Gasteiger partial charge in [-0.2, -0.15) is 0 Å². The van der Waals surface area contributed by atoms with Crippen molar-refractivity contribution in [1.29, 1.82) is 0 Å². The van der Waals surface area contributed by atoms with Crippen LogP contribution < -0.4 is 0 Å². The van der Waals surface area contributed by atoms with E-state index in [1.165, 1.54) is 36.8 Å². The van der Waals surface area contributed by atoms with Crippen molar-refractivity contribution < 1.29 is 5.11 Å². The molecular weight excluding hydrogens is 184 g/mol. The largest absolute Gasteiger partial charge is 0.396 e. The average Bonchev–Trinajstić information content (AvgIpc) is 2.27. The van der Waals surface area contributed by atoms with Gasteiger partial charge in [0, 0.05) is 6.61 Å². The Balaban J connectivity index is 2.44. The normalized spacial score (nSPS) is 10.5. The van der Waals surface area contributed by atoms with E-state index in [4.69, 9.17) is 5.11 Å². The van der Waals surface area contributed by atoms with E-state index in [0.29, 0.717) is 0 Å². The number of rotatable bonds is 7. The lowest BCUT2D eigenvalue weighted by atomic mass is 9.99. The summed E-state index contributed by atoms with van der Waals surface area (Å²) in [6.07, 6.45) is 7.18. The number of aliphatic hydroxyl groups excluding tert-OH is 1. The molecule has 0 unspecified atom stereocenters. The molecule has 0 atom stereocenters. The van der Waals surface area contributed by atoms with Crippen molar-refractivity contribution in [3.63, 3.8) is 0 Å². The Labute approximate surface area is 93.1 Å². The molecule has 84 valence electrons. The van der Waals surface area contributed by atoms with Crippen LogP contribution in [0.3, 0.4) is 0 Å². The molecule has 0 spiro atoms. The number of aryl methyl sites for hydroxylation is 1. The lowest BCUT2D eigenvalue weighted by molar-refractivity contribution is 0.299. The highest BCUT2D eigenvalue weighted by Gasteiger charge is 2.00. The summed E-state index contributed by atoms with van der Waals surface area (Å²) in [6, 6.07) is 8.47. The lowest BCUT2D eigenvalue weighted by Crippen LogP contribution is -1.97. The van der Waals surface area contributed by atoms with Gasteiger partial charge < -0.3 is 5.11 Å². The highest BCUT2D eigenvalue weighted by Crippen LogP contribution is 2.13. The van der Waals surface area contributed by atoms with Crippen LogP contribution in [0.15, 0.2) is 24.3 Å². The van der Waals surface area contributed by atoms with Crippen LogP contribution in [0.5, 0.6) is 0 Å². The Kier molecular flexibility index (Phi) is 6.10. The van der Waals surface area contributed by atoms with Crippen molar-refractivity contribution in [2.75, 3.05) is 6.61 Å². The molecule has 0 radical (unpaired) electrons. The first-order valence-electron chi connectivity index (χ1n) is 6.06. The van der Waals surface area contributed by atoms with Gasteiger partial charge in [0.25, 0.3) is 0 Å². The van der Waals surface area contributed by atoms with Crippen LogP contribution in [0, 0.1) is 0 Å². The van der Waals surface area contributed by atoms with E-state index in [-0.39, 0.29) is 6.61 Å². The summed E-state index contributed by atoms with van der Waals surface area (Å²) in [7, 11) is 0. The van der Waals surface area contributed by atoms with Crippen LogP contribution >= 0.6 is 0 Å². The molecule has 0 saturated heterocycles. The van der Waals surface area contributed by atoms with Crippen LogP contribution in [0.2, 0.25) is 0 Å². The van der Waals surface area contributed by atoms with Crippen molar-refractivity contribution in [2.24, 2.45) is 0 Å². The van der Waals surface area contributed by atoms with Gasteiger partial charge >= 0.3 is 0 Å². The van der Waals surface area contributed by atoms with Gasteiger partial charge in [0.2, 0.25) is 0 Å². The maximum Gasteiger partial charge on any atom is 0.0471 e. The summed E-state index contributed by atoms with van der Waals surface area (Å²) in [4.78, 5) is 0. The number of aliphatic hydroxyl groups is 1. The molecule has 0 aliphatic rings. The molecule has 0 heterocycles. The minimum atomic E-state index is 0.256. The van der Waals surface area contributed by atoms with Gasteiger partial charge in [0.15, 0.2) is 0 Å². The van der Waals surface area contributed by atoms with Crippen LogP contribution in [-0.4, -0.2) is 11.7 Å². The molecule has 0 fully saturated rings. The topological polar surface area (TPSA) is 20.2 Å². The zero-order chi connectivity index (χ0) is 10.9. The van der Waals surface area contributed by atoms with Crippen molar-refractivity contribution in [3.8, 4) is 0 Å². The quantitative estimate of drug-likeness (QED) is 0.678. The second-order valence-electron chi connectivity index (χ2n) is 4.05. The van der Waals surface area contributed by atoms with Gasteiger partial charge in [-0.25, -0.2) is 0 Å². The number of hydrogen-bond acceptors (Lipinski definition) is 1. The van der Waals surface area contributed by atoms with Gasteiger partial charge in [-0.15, -0.1) is 0 Å². The van der Waals surface area contributed by atoms with Gasteiger partial charge in [-0.3, -0.25) is 0 Å². The molecule has 0 aliphatic carbocycles. The fourth-order valence-corrected chi connectivity index (χ4v) is 1.91. The molecule has 1 aromatic carbocycles. The molecular formula is C14H22O. The molecule has 0 aliphatic heterocycles. The molecule has 1 N–H and O–H groups in total. The highest BCUT2D eigenvalue weighted by atomic mass is 16.2. The first-order valence-corrected chi connectivity index (χ1v) is 6.06. The lowest BCUT2D eigenvalue weighted by Gasteiger charge is -2.07. The van der Waals surface area contributed by atoms with Crippen LogP contribution in [0.1, 0.15) is 43.7 Å². The predicted molar refractivity (Wildman–Crippen MR) is 65.1 cm³/mol. The van der Waals surface area contributed by atoms with E-state index >= 15 is 0 Å². The molecule has 1 aromatic rings. The van der Waals surface area contributed by atoms with Gasteiger partial charge in [-0.1, -0.05) is 50.5 Å². The molecule has 15 heavy (non-hydrogen) atoms. The second-order valence-corrected chi connectivity index (χ2v) is 4.05. The van der Waals surface area contributed by atoms with Gasteiger partial charge in [0.05, 0.1) is 0 Å². The zero-order valence-corrected chi connectivity index (χ0v) is 9.71. The van der Waals surface area contributed by atoms with Gasteiger partial charge in [0.1, 0.15) is 0 Å². The SMILES string of the molecule is CCCCCCc1ccccc1CCO. The minimum Gasteiger partial charge on any atom is -0.396 e. The van der Waals surface area contributed by atoms with Crippen molar-refractivity contribution in [3.05, 3.63) is 35.4 Å². The maximum absolute atomic E-state index is 8.95. The summed E-state index contributed by atoms with van der Waals surface area (Å²) >= 11 is 0. The third-order valence-corrected chi connectivity index (χ3v) is 2.80. The van der Waals surface area contributed by atoms with Crippen molar-refractivity contribution >= 4 is 0 Å². The van der Waals surface area contributed by atoms with Crippen LogP contribution in [0.25, 0.3) is 0 Å². The molecule has 0 saturated carbocycles. The molecule has 1 nitrogen and oxygen atoms in total. The summed E-state index contributed by atoms with van der Waals surface area (Å²) in [5.41, 5.74) is 2.74. The van der Waals surface area contributed by atoms with E-state index in [9.17, 15) is 0 Å². The predicted octanol–water partition coefficient (Wildman–Crippen LogP) is 3.34. The fraction of sp³-hybridized carbons (Fsp3) is 0.571. The third-order valence-electron chi connectivity index (χ3n) is 2.80. The highest BCUT2D eigenvalue weighted by molar-refractivity contribution is 5.27. The molecule has 1 heteroatoms. The monoisotopic (exact) mass is 206 g/mol. The van der Waals surface area contributed by atoms with E-state index in [1.54, 1.807) is 0 Å². The first kappa shape index (κ1) is 12.3. The second kappa shape index (κ2) is 7.47. The summed E-state index contributed by atoms with van der Waals surface area (Å²) in [5, 5.41) is 8.95. The average molecular weight is 206 g/mol. The summed E-state index contributed by atoms with van der Waals surface area (Å²) in [5.74, 6) is 0. The Hall–Kier alpha value is -0.820. The van der Waals surface area contributed by atoms with Crippen molar-refractivity contribution in [1.82, 2.24) is 0 Å². The Morgan fingerprint density at radius 2 is 1.60 bits per heavy atom. The maximum atomic E-state index is 8.95. The Bertz CT molecular complexity index is 268. The molecule has 0 amide bonds. The van der Waals surface area contributed by atoms with E-state index in [0.717, 1.165) is 12.8 Å². The Morgan fingerprint density at radius 3 is 2.20 bits per heavy atom. The van der Waals surface area contributed by atoms with Crippen LogP contribution in [0.4, 0.5) is 0 Å². The molecule has 0 bridgehead atoms. The molecule has 1 rings (SSSR count). The standard InChI is InChI=1S/C14H22O/c1-2-3-4-5-8-13-9-6-7-10-14(13)11-12-15/h6-7,9-10,15H,2-5,8,11-12H2,1H3. The van der Waals surface area contributed by atoms with Crippen molar-refractivity contribution in [2.45, 2.75) is 45.4 Å². The summed E-state index contributed by atoms with van der Waals surface area (Å²) in [6.45, 7) is 2.49. The summed E-state index contributed by atoms with van der Waals surface area (Å²) < 4.78 is 0. The van der Waals surface area contributed by atoms with E-state index < -0.39 is 0 Å². The first-order chi connectivity index (χ1) is 7.38.